The summed E-state index contributed by atoms with van der Waals surface area (Å²) in [6.45, 7) is 13.9. The average molecular weight is 362 g/mol. The molecular weight excluding hydrogens is 326 g/mol. The van der Waals surface area contributed by atoms with Gasteiger partial charge >= 0.3 is 6.03 Å². The highest BCUT2D eigenvalue weighted by Gasteiger charge is 2.21. The van der Waals surface area contributed by atoms with Crippen LogP contribution in [0.1, 0.15) is 46.1 Å². The van der Waals surface area contributed by atoms with Gasteiger partial charge in [0.25, 0.3) is 0 Å². The molecule has 1 aromatic carbocycles. The standard InChI is InChI=1S/C21H35N3O2/c1-5-12-24-13-10-17(16-24)15-23-20(25)22-11-14-26-19-8-6-18(7-9-19)21(2,3)4/h6-9,17H,5,10-16H2,1-4H3,(H2,22,23,25). The first-order chi connectivity index (χ1) is 12.4. The largest absolute Gasteiger partial charge is 0.492 e. The third-order valence-corrected chi connectivity index (χ3v) is 4.84. The Bertz CT molecular complexity index is 551. The predicted octanol–water partition coefficient (Wildman–Crippen LogP) is 3.39. The number of carbonyl (C=O) groups is 1. The number of hydrogen-bond acceptors (Lipinski definition) is 3. The number of amides is 2. The van der Waals surface area contributed by atoms with E-state index in [1.165, 1.54) is 18.4 Å². The van der Waals surface area contributed by atoms with Crippen molar-refractivity contribution >= 4 is 6.03 Å². The maximum atomic E-state index is 11.9. The van der Waals surface area contributed by atoms with Crippen LogP contribution in [0.15, 0.2) is 24.3 Å². The summed E-state index contributed by atoms with van der Waals surface area (Å²) in [7, 11) is 0. The summed E-state index contributed by atoms with van der Waals surface area (Å²) in [4.78, 5) is 14.4. The Labute approximate surface area is 158 Å². The van der Waals surface area contributed by atoms with Crippen molar-refractivity contribution in [2.45, 2.75) is 46.0 Å². The Morgan fingerprint density at radius 2 is 1.96 bits per heavy atom. The van der Waals surface area contributed by atoms with E-state index in [2.05, 4.69) is 55.4 Å². The molecule has 26 heavy (non-hydrogen) atoms. The normalized spacial score (nSPS) is 17.9. The molecule has 5 nitrogen and oxygen atoms in total. The highest BCUT2D eigenvalue weighted by Crippen LogP contribution is 2.24. The molecule has 0 bridgehead atoms. The highest BCUT2D eigenvalue weighted by molar-refractivity contribution is 5.73. The number of nitrogens with one attached hydrogen (secondary N) is 2. The molecule has 1 aromatic rings. The molecule has 0 aromatic heterocycles. The molecule has 0 spiro atoms. The van der Waals surface area contributed by atoms with E-state index in [1.807, 2.05) is 12.1 Å². The van der Waals surface area contributed by atoms with Crippen LogP contribution in [0.3, 0.4) is 0 Å². The van der Waals surface area contributed by atoms with Crippen LogP contribution < -0.4 is 15.4 Å². The third kappa shape index (κ3) is 6.87. The van der Waals surface area contributed by atoms with Crippen molar-refractivity contribution in [3.8, 4) is 5.75 Å². The molecule has 146 valence electrons. The second kappa shape index (κ2) is 9.81. The number of rotatable bonds is 8. The van der Waals surface area contributed by atoms with Gasteiger partial charge in [-0.15, -0.1) is 0 Å². The van der Waals surface area contributed by atoms with Crippen molar-refractivity contribution in [3.05, 3.63) is 29.8 Å². The molecule has 0 saturated carbocycles. The third-order valence-electron chi connectivity index (χ3n) is 4.84. The lowest BCUT2D eigenvalue weighted by atomic mass is 9.87. The van der Waals surface area contributed by atoms with Crippen LogP contribution in [-0.2, 0) is 5.41 Å². The zero-order valence-corrected chi connectivity index (χ0v) is 16.8. The van der Waals surface area contributed by atoms with E-state index in [0.29, 0.717) is 19.1 Å². The second-order valence-corrected chi connectivity index (χ2v) is 8.21. The van der Waals surface area contributed by atoms with Crippen molar-refractivity contribution in [2.75, 3.05) is 39.3 Å². The van der Waals surface area contributed by atoms with Crippen molar-refractivity contribution in [2.24, 2.45) is 5.92 Å². The molecular formula is C21H35N3O2. The summed E-state index contributed by atoms with van der Waals surface area (Å²) in [6, 6.07) is 8.06. The number of ether oxygens (including phenoxy) is 1. The summed E-state index contributed by atoms with van der Waals surface area (Å²) < 4.78 is 5.69. The number of benzene rings is 1. The van der Waals surface area contributed by atoms with E-state index in [9.17, 15) is 4.79 Å². The number of urea groups is 1. The van der Waals surface area contributed by atoms with E-state index in [4.69, 9.17) is 4.74 Å². The molecule has 1 aliphatic rings. The molecule has 1 saturated heterocycles. The van der Waals surface area contributed by atoms with Crippen molar-refractivity contribution in [1.82, 2.24) is 15.5 Å². The Balaban J connectivity index is 1.57. The molecule has 1 unspecified atom stereocenters. The molecule has 1 aliphatic heterocycles. The van der Waals surface area contributed by atoms with Gasteiger partial charge in [0.2, 0.25) is 0 Å². The molecule has 2 N–H and O–H groups in total. The van der Waals surface area contributed by atoms with Gasteiger partial charge in [-0.2, -0.15) is 0 Å². The van der Waals surface area contributed by atoms with Gasteiger partial charge in [0.1, 0.15) is 12.4 Å². The van der Waals surface area contributed by atoms with Gasteiger partial charge in [0.15, 0.2) is 0 Å². The van der Waals surface area contributed by atoms with Gasteiger partial charge in [-0.25, -0.2) is 4.79 Å². The van der Waals surface area contributed by atoms with Crippen molar-refractivity contribution in [3.63, 3.8) is 0 Å². The molecule has 2 rings (SSSR count). The van der Waals surface area contributed by atoms with Gasteiger partial charge in [-0.1, -0.05) is 39.8 Å². The maximum absolute atomic E-state index is 11.9. The minimum atomic E-state index is -0.106. The number of carbonyl (C=O) groups excluding carboxylic acids is 1. The molecule has 0 radical (unpaired) electrons. The Morgan fingerprint density at radius 3 is 2.62 bits per heavy atom. The fourth-order valence-corrected chi connectivity index (χ4v) is 3.28. The smallest absolute Gasteiger partial charge is 0.314 e. The predicted molar refractivity (Wildman–Crippen MR) is 107 cm³/mol. The van der Waals surface area contributed by atoms with Crippen molar-refractivity contribution < 1.29 is 9.53 Å². The Morgan fingerprint density at radius 1 is 1.23 bits per heavy atom. The van der Waals surface area contributed by atoms with Gasteiger partial charge in [0, 0.05) is 13.1 Å². The van der Waals surface area contributed by atoms with E-state index < -0.39 is 0 Å². The first kappa shape index (κ1) is 20.6. The van der Waals surface area contributed by atoms with E-state index >= 15 is 0 Å². The topological polar surface area (TPSA) is 53.6 Å². The first-order valence-electron chi connectivity index (χ1n) is 9.86. The number of likely N-dealkylation sites (tertiary alicyclic amines) is 1. The minimum Gasteiger partial charge on any atom is -0.492 e. The van der Waals surface area contributed by atoms with Crippen molar-refractivity contribution in [1.29, 1.82) is 0 Å². The van der Waals surface area contributed by atoms with Crippen LogP contribution in [0.2, 0.25) is 0 Å². The summed E-state index contributed by atoms with van der Waals surface area (Å²) in [5.74, 6) is 1.41. The minimum absolute atomic E-state index is 0.106. The lowest BCUT2D eigenvalue weighted by Crippen LogP contribution is -2.40. The lowest BCUT2D eigenvalue weighted by Gasteiger charge is -2.19. The van der Waals surface area contributed by atoms with E-state index in [0.717, 1.165) is 31.9 Å². The maximum Gasteiger partial charge on any atom is 0.314 e. The fraction of sp³-hybridized carbons (Fsp3) is 0.667. The SMILES string of the molecule is CCCN1CCC(CNC(=O)NCCOc2ccc(C(C)(C)C)cc2)C1. The Hall–Kier alpha value is -1.75. The quantitative estimate of drug-likeness (QED) is 0.698. The van der Waals surface area contributed by atoms with Gasteiger partial charge in [-0.3, -0.25) is 0 Å². The van der Waals surface area contributed by atoms with E-state index in [1.54, 1.807) is 0 Å². The first-order valence-corrected chi connectivity index (χ1v) is 9.86. The summed E-state index contributed by atoms with van der Waals surface area (Å²) in [5.41, 5.74) is 1.43. The monoisotopic (exact) mass is 361 g/mol. The molecule has 1 heterocycles. The van der Waals surface area contributed by atoms with Crippen LogP contribution >= 0.6 is 0 Å². The zero-order chi connectivity index (χ0) is 19.0. The Kier molecular flexibility index (Phi) is 7.76. The average Bonchev–Trinajstić information content (AvgIpc) is 3.04. The lowest BCUT2D eigenvalue weighted by molar-refractivity contribution is 0.234. The molecule has 2 amide bonds. The zero-order valence-electron chi connectivity index (χ0n) is 16.8. The fourth-order valence-electron chi connectivity index (χ4n) is 3.28. The van der Waals surface area contributed by atoms with Crippen LogP contribution in [-0.4, -0.2) is 50.3 Å². The van der Waals surface area contributed by atoms with Crippen LogP contribution in [0.5, 0.6) is 5.75 Å². The molecule has 0 aliphatic carbocycles. The van der Waals surface area contributed by atoms with Crippen LogP contribution in [0.4, 0.5) is 4.79 Å². The molecule has 1 fully saturated rings. The summed E-state index contributed by atoms with van der Waals surface area (Å²) >= 11 is 0. The van der Waals surface area contributed by atoms with Gasteiger partial charge in [0.05, 0.1) is 6.54 Å². The molecule has 1 atom stereocenters. The summed E-state index contributed by atoms with van der Waals surface area (Å²) in [5, 5.41) is 5.84. The van der Waals surface area contributed by atoms with Gasteiger partial charge in [-0.05, 0) is 55.0 Å². The summed E-state index contributed by atoms with van der Waals surface area (Å²) in [6.07, 6.45) is 2.37. The van der Waals surface area contributed by atoms with Gasteiger partial charge < -0.3 is 20.3 Å². The van der Waals surface area contributed by atoms with E-state index in [-0.39, 0.29) is 11.4 Å². The second-order valence-electron chi connectivity index (χ2n) is 8.21. The highest BCUT2D eigenvalue weighted by atomic mass is 16.5. The number of nitrogens with zero attached hydrogens (tertiary/aromatic N) is 1. The molecule has 5 heteroatoms. The number of hydrogen-bond donors (Lipinski definition) is 2. The van der Waals surface area contributed by atoms with Crippen LogP contribution in [0, 0.1) is 5.92 Å². The van der Waals surface area contributed by atoms with Crippen LogP contribution in [0.25, 0.3) is 0 Å².